The number of nitrogens with zero attached hydrogens (tertiary/aromatic N) is 4. The van der Waals surface area contributed by atoms with Crippen LogP contribution in [-0.4, -0.2) is 29.7 Å². The molecule has 5 heteroatoms. The van der Waals surface area contributed by atoms with Gasteiger partial charge in [-0.1, -0.05) is 18.2 Å². The van der Waals surface area contributed by atoms with Crippen LogP contribution in [0, 0.1) is 24.2 Å². The number of rotatable bonds is 4. The predicted octanol–water partition coefficient (Wildman–Crippen LogP) is 4.11. The molecular weight excluding hydrogens is 336 g/mol. The van der Waals surface area contributed by atoms with Crippen LogP contribution in [0.4, 0.5) is 5.82 Å². The number of aromatic nitrogens is 2. The summed E-state index contributed by atoms with van der Waals surface area (Å²) in [5.41, 5.74) is 2.54. The molecule has 0 atom stereocenters. The molecule has 1 aromatic carbocycles. The lowest BCUT2D eigenvalue weighted by Gasteiger charge is -2.33. The molecule has 1 fully saturated rings. The van der Waals surface area contributed by atoms with Crippen molar-refractivity contribution >= 4 is 16.7 Å². The molecule has 2 aromatic heterocycles. The molecule has 3 heterocycles. The lowest BCUT2D eigenvalue weighted by molar-refractivity contribution is 0.222. The highest BCUT2D eigenvalue weighted by Gasteiger charge is 2.21. The quantitative estimate of drug-likeness (QED) is 0.702. The highest BCUT2D eigenvalue weighted by atomic mass is 16.5. The average Bonchev–Trinajstić information content (AvgIpc) is 2.72. The van der Waals surface area contributed by atoms with Crippen LogP contribution in [0.2, 0.25) is 0 Å². The molecule has 1 aliphatic rings. The summed E-state index contributed by atoms with van der Waals surface area (Å²) in [7, 11) is 0. The van der Waals surface area contributed by atoms with E-state index in [4.69, 9.17) is 9.72 Å². The molecule has 5 nitrogen and oxygen atoms in total. The van der Waals surface area contributed by atoms with E-state index >= 15 is 0 Å². The predicted molar refractivity (Wildman–Crippen MR) is 106 cm³/mol. The Balaban J connectivity index is 1.40. The normalized spacial score (nSPS) is 14.9. The second kappa shape index (κ2) is 7.63. The summed E-state index contributed by atoms with van der Waals surface area (Å²) in [6.45, 7) is 4.56. The Kier molecular flexibility index (Phi) is 4.88. The summed E-state index contributed by atoms with van der Waals surface area (Å²) < 4.78 is 5.94. The van der Waals surface area contributed by atoms with Crippen molar-refractivity contribution in [2.24, 2.45) is 5.92 Å². The first-order chi connectivity index (χ1) is 13.2. The van der Waals surface area contributed by atoms with E-state index in [1.165, 1.54) is 0 Å². The van der Waals surface area contributed by atoms with E-state index in [2.05, 4.69) is 16.0 Å². The minimum atomic E-state index is 0.533. The van der Waals surface area contributed by atoms with Gasteiger partial charge in [0.25, 0.3) is 0 Å². The molecule has 27 heavy (non-hydrogen) atoms. The number of hydrogen-bond donors (Lipinski definition) is 0. The van der Waals surface area contributed by atoms with Crippen LogP contribution in [0.5, 0.6) is 5.75 Å². The molecule has 0 amide bonds. The number of para-hydroxylation sites is 1. The van der Waals surface area contributed by atoms with E-state index in [0.29, 0.717) is 11.5 Å². The number of pyridine rings is 2. The standard InChI is InChI=1S/C22H22N4O/c1-16-12-19(6-9-24-16)27-15-17-7-10-26(11-8-17)22-13-18(14-23)20-4-2-3-5-21(20)25-22/h2-6,9,12-13,17H,7-8,10-11,15H2,1H3. The minimum absolute atomic E-state index is 0.533. The van der Waals surface area contributed by atoms with Gasteiger partial charge in [0, 0.05) is 36.4 Å². The molecule has 0 bridgehead atoms. The van der Waals surface area contributed by atoms with Crippen molar-refractivity contribution < 1.29 is 4.74 Å². The Labute approximate surface area is 159 Å². The maximum absolute atomic E-state index is 9.48. The van der Waals surface area contributed by atoms with Gasteiger partial charge in [-0.25, -0.2) is 4.98 Å². The van der Waals surface area contributed by atoms with Crippen LogP contribution in [0.15, 0.2) is 48.7 Å². The Morgan fingerprint density at radius 1 is 1.19 bits per heavy atom. The second-order valence-electron chi connectivity index (χ2n) is 7.03. The highest BCUT2D eigenvalue weighted by Crippen LogP contribution is 2.27. The first-order valence-electron chi connectivity index (χ1n) is 9.33. The third-order valence-electron chi connectivity index (χ3n) is 5.12. The van der Waals surface area contributed by atoms with Gasteiger partial charge < -0.3 is 9.64 Å². The largest absolute Gasteiger partial charge is 0.493 e. The Morgan fingerprint density at radius 3 is 2.78 bits per heavy atom. The number of nitriles is 1. The summed E-state index contributed by atoms with van der Waals surface area (Å²) in [6.07, 6.45) is 3.90. The minimum Gasteiger partial charge on any atom is -0.493 e. The fourth-order valence-electron chi connectivity index (χ4n) is 3.57. The summed E-state index contributed by atoms with van der Waals surface area (Å²) in [4.78, 5) is 11.2. The van der Waals surface area contributed by atoms with Gasteiger partial charge in [0.1, 0.15) is 11.6 Å². The second-order valence-corrected chi connectivity index (χ2v) is 7.03. The van der Waals surface area contributed by atoms with Gasteiger partial charge >= 0.3 is 0 Å². The van der Waals surface area contributed by atoms with Gasteiger partial charge in [-0.15, -0.1) is 0 Å². The highest BCUT2D eigenvalue weighted by molar-refractivity contribution is 5.86. The van der Waals surface area contributed by atoms with Gasteiger partial charge in [-0.3, -0.25) is 4.98 Å². The molecule has 0 unspecified atom stereocenters. The topological polar surface area (TPSA) is 62.0 Å². The summed E-state index contributed by atoms with van der Waals surface area (Å²) in [5.74, 6) is 2.32. The lowest BCUT2D eigenvalue weighted by Crippen LogP contribution is -2.36. The van der Waals surface area contributed by atoms with Gasteiger partial charge in [-0.2, -0.15) is 5.26 Å². The maximum atomic E-state index is 9.48. The van der Waals surface area contributed by atoms with Crippen LogP contribution in [0.25, 0.3) is 10.9 Å². The van der Waals surface area contributed by atoms with Crippen molar-refractivity contribution in [3.05, 3.63) is 59.9 Å². The summed E-state index contributed by atoms with van der Waals surface area (Å²) >= 11 is 0. The van der Waals surface area contributed by atoms with Gasteiger partial charge in [0.15, 0.2) is 0 Å². The van der Waals surface area contributed by atoms with E-state index in [1.807, 2.05) is 49.4 Å². The monoisotopic (exact) mass is 358 g/mol. The molecule has 0 saturated carbocycles. The van der Waals surface area contributed by atoms with Crippen LogP contribution >= 0.6 is 0 Å². The Hall–Kier alpha value is -3.13. The number of ether oxygens (including phenoxy) is 1. The molecule has 136 valence electrons. The van der Waals surface area contributed by atoms with Crippen LogP contribution in [-0.2, 0) is 0 Å². The van der Waals surface area contributed by atoms with E-state index in [9.17, 15) is 5.26 Å². The van der Waals surface area contributed by atoms with Gasteiger partial charge in [-0.05, 0) is 43.9 Å². The summed E-state index contributed by atoms with van der Waals surface area (Å²) in [5, 5.41) is 10.4. The number of anilines is 1. The molecule has 0 spiro atoms. The Bertz CT molecular complexity index is 987. The average molecular weight is 358 g/mol. The van der Waals surface area contributed by atoms with E-state index in [-0.39, 0.29) is 0 Å². The third kappa shape index (κ3) is 3.85. The zero-order chi connectivity index (χ0) is 18.6. The van der Waals surface area contributed by atoms with Crippen molar-refractivity contribution in [3.8, 4) is 11.8 Å². The maximum Gasteiger partial charge on any atom is 0.130 e. The van der Waals surface area contributed by atoms with E-state index < -0.39 is 0 Å². The van der Waals surface area contributed by atoms with Gasteiger partial charge in [0.2, 0.25) is 0 Å². The number of hydrogen-bond acceptors (Lipinski definition) is 5. The number of benzene rings is 1. The fraction of sp³-hybridized carbons (Fsp3) is 0.318. The summed E-state index contributed by atoms with van der Waals surface area (Å²) in [6, 6.07) is 15.9. The number of piperidine rings is 1. The van der Waals surface area contributed by atoms with Crippen molar-refractivity contribution in [1.82, 2.24) is 9.97 Å². The first-order valence-corrected chi connectivity index (χ1v) is 9.33. The van der Waals surface area contributed by atoms with Crippen molar-refractivity contribution in [1.29, 1.82) is 5.26 Å². The molecule has 0 aliphatic carbocycles. The molecule has 0 N–H and O–H groups in total. The van der Waals surface area contributed by atoms with Gasteiger partial charge in [0.05, 0.1) is 23.8 Å². The third-order valence-corrected chi connectivity index (χ3v) is 5.12. The lowest BCUT2D eigenvalue weighted by atomic mass is 9.97. The molecule has 1 aliphatic heterocycles. The SMILES string of the molecule is Cc1cc(OCC2CCN(c3cc(C#N)c4ccccc4n3)CC2)ccn1. The zero-order valence-corrected chi connectivity index (χ0v) is 15.4. The van der Waals surface area contributed by atoms with Crippen LogP contribution in [0.1, 0.15) is 24.1 Å². The molecule has 3 aromatic rings. The van der Waals surface area contributed by atoms with Crippen LogP contribution < -0.4 is 9.64 Å². The molecule has 4 rings (SSSR count). The molecule has 1 saturated heterocycles. The Morgan fingerprint density at radius 2 is 2.00 bits per heavy atom. The molecular formula is C22H22N4O. The van der Waals surface area contributed by atoms with E-state index in [1.54, 1.807) is 6.20 Å². The number of aryl methyl sites for hydroxylation is 1. The fourth-order valence-corrected chi connectivity index (χ4v) is 3.57. The van der Waals surface area contributed by atoms with Crippen LogP contribution in [0.3, 0.4) is 0 Å². The smallest absolute Gasteiger partial charge is 0.130 e. The van der Waals surface area contributed by atoms with Crippen molar-refractivity contribution in [2.75, 3.05) is 24.6 Å². The van der Waals surface area contributed by atoms with Crippen molar-refractivity contribution in [2.45, 2.75) is 19.8 Å². The molecule has 0 radical (unpaired) electrons. The number of fused-ring (bicyclic) bond motifs is 1. The van der Waals surface area contributed by atoms with Crippen molar-refractivity contribution in [3.63, 3.8) is 0 Å². The van der Waals surface area contributed by atoms with E-state index in [0.717, 1.165) is 60.7 Å². The first kappa shape index (κ1) is 17.3. The zero-order valence-electron chi connectivity index (χ0n) is 15.4.